The first-order valence-electron chi connectivity index (χ1n) is 8.59. The minimum atomic E-state index is -1.15. The van der Waals surface area contributed by atoms with Crippen LogP contribution in [0.15, 0.2) is 72.8 Å². The zero-order valence-electron chi connectivity index (χ0n) is 14.8. The minimum absolute atomic E-state index is 0.0952. The summed E-state index contributed by atoms with van der Waals surface area (Å²) in [6.45, 7) is 0. The van der Waals surface area contributed by atoms with E-state index in [1.54, 1.807) is 41.1 Å². The highest BCUT2D eigenvalue weighted by molar-refractivity contribution is 6.42. The first kappa shape index (κ1) is 19.5. The van der Waals surface area contributed by atoms with Gasteiger partial charge in [-0.1, -0.05) is 71.2 Å². The summed E-state index contributed by atoms with van der Waals surface area (Å²) < 4.78 is 1.60. The number of aromatic nitrogens is 2. The fourth-order valence-corrected chi connectivity index (χ4v) is 3.64. The van der Waals surface area contributed by atoms with E-state index in [4.69, 9.17) is 34.8 Å². The topological polar surface area (TPSA) is 55.1 Å². The van der Waals surface area contributed by atoms with Crippen LogP contribution in [0.1, 0.15) is 10.5 Å². The van der Waals surface area contributed by atoms with Gasteiger partial charge in [-0.15, -0.1) is 0 Å². The number of carboxylic acids is 1. The van der Waals surface area contributed by atoms with Crippen LogP contribution in [0.4, 0.5) is 0 Å². The van der Waals surface area contributed by atoms with Crippen molar-refractivity contribution in [2.24, 2.45) is 0 Å². The molecule has 1 N–H and O–H groups in total. The number of rotatable bonds is 4. The predicted octanol–water partition coefficient (Wildman–Crippen LogP) is 6.86. The van der Waals surface area contributed by atoms with Crippen LogP contribution in [0.5, 0.6) is 0 Å². The first-order chi connectivity index (χ1) is 14.0. The fourth-order valence-electron chi connectivity index (χ4n) is 3.15. The van der Waals surface area contributed by atoms with E-state index in [1.807, 2.05) is 36.4 Å². The molecule has 0 aliphatic carbocycles. The van der Waals surface area contributed by atoms with Crippen molar-refractivity contribution in [2.75, 3.05) is 0 Å². The molecule has 7 heteroatoms. The maximum absolute atomic E-state index is 12.1. The van der Waals surface area contributed by atoms with E-state index in [9.17, 15) is 9.90 Å². The summed E-state index contributed by atoms with van der Waals surface area (Å²) in [5.74, 6) is -1.15. The molecule has 0 aliphatic heterocycles. The SMILES string of the molecule is O=C(O)c1nn(-c2ccccc2)c(-c2cccc(Cl)c2)c1-c1ccc(Cl)c(Cl)c1. The second-order valence-electron chi connectivity index (χ2n) is 6.26. The number of hydrogen-bond acceptors (Lipinski definition) is 2. The molecule has 0 spiro atoms. The zero-order chi connectivity index (χ0) is 20.5. The molecule has 0 aliphatic rings. The highest BCUT2D eigenvalue weighted by Gasteiger charge is 2.26. The number of hydrogen-bond donors (Lipinski definition) is 1. The normalized spacial score (nSPS) is 10.9. The standard InChI is InChI=1S/C22H13Cl3N2O2/c23-15-6-4-5-14(11-15)21-19(13-9-10-17(24)18(25)12-13)20(22(28)29)26-27(21)16-7-2-1-3-8-16/h1-12H,(H,28,29). The van der Waals surface area contributed by atoms with Crippen molar-refractivity contribution < 1.29 is 9.90 Å². The minimum Gasteiger partial charge on any atom is -0.476 e. The molecule has 0 amide bonds. The molecule has 0 radical (unpaired) electrons. The quantitative estimate of drug-likeness (QED) is 0.374. The number of carboxylic acid groups (broad SMARTS) is 1. The van der Waals surface area contributed by atoms with Crippen LogP contribution in [-0.2, 0) is 0 Å². The average molecular weight is 444 g/mol. The summed E-state index contributed by atoms with van der Waals surface area (Å²) in [4.78, 5) is 12.1. The third-order valence-electron chi connectivity index (χ3n) is 4.40. The van der Waals surface area contributed by atoms with Crippen molar-refractivity contribution in [3.63, 3.8) is 0 Å². The van der Waals surface area contributed by atoms with Gasteiger partial charge in [-0.3, -0.25) is 0 Å². The van der Waals surface area contributed by atoms with Crippen LogP contribution in [0.3, 0.4) is 0 Å². The van der Waals surface area contributed by atoms with Gasteiger partial charge in [0.1, 0.15) is 0 Å². The highest BCUT2D eigenvalue weighted by Crippen LogP contribution is 2.39. The second-order valence-corrected chi connectivity index (χ2v) is 7.51. The van der Waals surface area contributed by atoms with Gasteiger partial charge in [0.15, 0.2) is 5.69 Å². The van der Waals surface area contributed by atoms with Crippen molar-refractivity contribution in [3.8, 4) is 28.1 Å². The summed E-state index contributed by atoms with van der Waals surface area (Å²) in [6, 6.07) is 21.5. The smallest absolute Gasteiger partial charge is 0.357 e. The van der Waals surface area contributed by atoms with Crippen LogP contribution in [0.25, 0.3) is 28.1 Å². The maximum Gasteiger partial charge on any atom is 0.357 e. The summed E-state index contributed by atoms with van der Waals surface area (Å²) >= 11 is 18.5. The van der Waals surface area contributed by atoms with Gasteiger partial charge in [-0.05, 0) is 42.0 Å². The third-order valence-corrected chi connectivity index (χ3v) is 5.37. The van der Waals surface area contributed by atoms with Gasteiger partial charge in [0.2, 0.25) is 0 Å². The third kappa shape index (κ3) is 3.75. The molecular formula is C22H13Cl3N2O2. The van der Waals surface area contributed by atoms with Crippen molar-refractivity contribution in [1.29, 1.82) is 0 Å². The lowest BCUT2D eigenvalue weighted by atomic mass is 9.98. The molecule has 1 aromatic heterocycles. The number of benzene rings is 3. The van der Waals surface area contributed by atoms with Gasteiger partial charge in [-0.2, -0.15) is 5.10 Å². The monoisotopic (exact) mass is 442 g/mol. The number of carbonyl (C=O) groups is 1. The maximum atomic E-state index is 12.1. The Morgan fingerprint density at radius 2 is 1.59 bits per heavy atom. The summed E-state index contributed by atoms with van der Waals surface area (Å²) in [5.41, 5.74) is 2.96. The first-order valence-corrected chi connectivity index (χ1v) is 9.72. The molecule has 4 rings (SSSR count). The van der Waals surface area contributed by atoms with Crippen LogP contribution >= 0.6 is 34.8 Å². The molecule has 1 heterocycles. The van der Waals surface area contributed by atoms with E-state index in [-0.39, 0.29) is 5.69 Å². The van der Waals surface area contributed by atoms with Crippen LogP contribution in [-0.4, -0.2) is 20.9 Å². The number of para-hydroxylation sites is 1. The number of nitrogens with zero attached hydrogens (tertiary/aromatic N) is 2. The van der Waals surface area contributed by atoms with E-state index >= 15 is 0 Å². The largest absolute Gasteiger partial charge is 0.476 e. The molecule has 4 nitrogen and oxygen atoms in total. The average Bonchev–Trinajstić information content (AvgIpc) is 3.12. The highest BCUT2D eigenvalue weighted by atomic mass is 35.5. The molecule has 0 fully saturated rings. The lowest BCUT2D eigenvalue weighted by Gasteiger charge is -2.11. The van der Waals surface area contributed by atoms with E-state index in [2.05, 4.69) is 5.10 Å². The van der Waals surface area contributed by atoms with Gasteiger partial charge in [0.05, 0.1) is 21.4 Å². The van der Waals surface area contributed by atoms with E-state index in [0.29, 0.717) is 31.9 Å². The van der Waals surface area contributed by atoms with Crippen molar-refractivity contribution in [3.05, 3.63) is 93.6 Å². The predicted molar refractivity (Wildman–Crippen MR) is 116 cm³/mol. The molecular weight excluding hydrogens is 431 g/mol. The Hall–Kier alpha value is -2.79. The Morgan fingerprint density at radius 3 is 2.24 bits per heavy atom. The Morgan fingerprint density at radius 1 is 0.828 bits per heavy atom. The number of aromatic carboxylic acids is 1. The van der Waals surface area contributed by atoms with Gasteiger partial charge in [-0.25, -0.2) is 9.48 Å². The Labute approximate surface area is 181 Å². The van der Waals surface area contributed by atoms with Crippen molar-refractivity contribution in [2.45, 2.75) is 0 Å². The Balaban J connectivity index is 2.11. The van der Waals surface area contributed by atoms with E-state index in [1.165, 1.54) is 0 Å². The summed E-state index contributed by atoms with van der Waals surface area (Å²) in [7, 11) is 0. The van der Waals surface area contributed by atoms with Crippen molar-refractivity contribution in [1.82, 2.24) is 9.78 Å². The van der Waals surface area contributed by atoms with Gasteiger partial charge < -0.3 is 5.11 Å². The molecule has 0 atom stereocenters. The fraction of sp³-hybridized carbons (Fsp3) is 0. The molecule has 144 valence electrons. The van der Waals surface area contributed by atoms with Crippen LogP contribution in [0, 0.1) is 0 Å². The van der Waals surface area contributed by atoms with Crippen LogP contribution < -0.4 is 0 Å². The lowest BCUT2D eigenvalue weighted by molar-refractivity contribution is 0.0691. The Bertz CT molecular complexity index is 1220. The van der Waals surface area contributed by atoms with Gasteiger partial charge in [0, 0.05) is 16.1 Å². The van der Waals surface area contributed by atoms with E-state index < -0.39 is 5.97 Å². The van der Waals surface area contributed by atoms with Crippen molar-refractivity contribution >= 4 is 40.8 Å². The second kappa shape index (κ2) is 7.91. The molecule has 4 aromatic rings. The van der Waals surface area contributed by atoms with E-state index in [0.717, 1.165) is 11.3 Å². The lowest BCUT2D eigenvalue weighted by Crippen LogP contribution is -2.02. The molecule has 0 saturated carbocycles. The molecule has 3 aromatic carbocycles. The molecule has 29 heavy (non-hydrogen) atoms. The zero-order valence-corrected chi connectivity index (χ0v) is 17.1. The molecule has 0 saturated heterocycles. The number of halogens is 3. The molecule has 0 unspecified atom stereocenters. The Kier molecular flexibility index (Phi) is 5.33. The summed E-state index contributed by atoms with van der Waals surface area (Å²) in [6.07, 6.45) is 0. The molecule has 0 bridgehead atoms. The van der Waals surface area contributed by atoms with Crippen LogP contribution in [0.2, 0.25) is 15.1 Å². The van der Waals surface area contributed by atoms with Gasteiger partial charge >= 0.3 is 5.97 Å². The summed E-state index contributed by atoms with van der Waals surface area (Å²) in [5, 5.41) is 15.5. The van der Waals surface area contributed by atoms with Gasteiger partial charge in [0.25, 0.3) is 0 Å².